The Hall–Kier alpha value is -3.38. The lowest BCUT2D eigenvalue weighted by Gasteiger charge is -2.33. The van der Waals surface area contributed by atoms with E-state index in [0.29, 0.717) is 40.2 Å². The van der Waals surface area contributed by atoms with Crippen LogP contribution in [0.5, 0.6) is 5.88 Å². The van der Waals surface area contributed by atoms with E-state index in [-0.39, 0.29) is 16.8 Å². The molecule has 3 heterocycles. The predicted octanol–water partition coefficient (Wildman–Crippen LogP) is 5.95. The van der Waals surface area contributed by atoms with Crippen molar-refractivity contribution in [3.8, 4) is 5.88 Å². The predicted molar refractivity (Wildman–Crippen MR) is 173 cm³/mol. The zero-order valence-electron chi connectivity index (χ0n) is 24.9. The Bertz CT molecular complexity index is 1670. The number of carbonyl (C=O) groups excluding carboxylic acids is 1. The lowest BCUT2D eigenvalue weighted by Crippen LogP contribution is -2.47. The van der Waals surface area contributed by atoms with E-state index in [9.17, 15) is 13.2 Å². The molecule has 1 aliphatic heterocycles. The molecule has 1 aliphatic carbocycles. The van der Waals surface area contributed by atoms with E-state index < -0.39 is 15.9 Å². The highest BCUT2D eigenvalue weighted by atomic mass is 32.2. The van der Waals surface area contributed by atoms with E-state index in [1.165, 1.54) is 29.7 Å². The summed E-state index contributed by atoms with van der Waals surface area (Å²) in [6, 6.07) is 20.5. The van der Waals surface area contributed by atoms with Crippen LogP contribution in [0.4, 0.5) is 5.13 Å². The number of hydrogen-bond donors (Lipinski definition) is 2. The van der Waals surface area contributed by atoms with Gasteiger partial charge < -0.3 is 10.1 Å². The summed E-state index contributed by atoms with van der Waals surface area (Å²) in [5.74, 6) is 0.400. The summed E-state index contributed by atoms with van der Waals surface area (Å²) in [7, 11) is -2.15. The minimum absolute atomic E-state index is 0.141. The van der Waals surface area contributed by atoms with Crippen LogP contribution < -0.4 is 14.8 Å². The number of thiazole rings is 1. The van der Waals surface area contributed by atoms with Crippen molar-refractivity contribution in [3.63, 3.8) is 0 Å². The van der Waals surface area contributed by atoms with Gasteiger partial charge in [0.05, 0.1) is 17.9 Å². The Morgan fingerprint density at radius 2 is 1.77 bits per heavy atom. The van der Waals surface area contributed by atoms with E-state index in [0.717, 1.165) is 44.3 Å². The van der Waals surface area contributed by atoms with Gasteiger partial charge in [-0.15, -0.1) is 0 Å². The molecule has 1 saturated carbocycles. The fourth-order valence-corrected chi connectivity index (χ4v) is 8.53. The minimum atomic E-state index is -3.71. The van der Waals surface area contributed by atoms with Crippen molar-refractivity contribution in [2.45, 2.75) is 68.3 Å². The summed E-state index contributed by atoms with van der Waals surface area (Å²) in [5, 5.41) is 3.50. The number of pyridine rings is 1. The Kier molecular flexibility index (Phi) is 9.56. The lowest BCUT2D eigenvalue weighted by atomic mass is 9.87. The Labute approximate surface area is 263 Å². The first kappa shape index (κ1) is 30.6. The number of anilines is 1. The van der Waals surface area contributed by atoms with Gasteiger partial charge in [-0.1, -0.05) is 79.5 Å². The smallest absolute Gasteiger partial charge is 0.240 e. The fourth-order valence-electron chi connectivity index (χ4n) is 6.44. The molecule has 2 aliphatic rings. The van der Waals surface area contributed by atoms with E-state index in [1.54, 1.807) is 37.4 Å². The average Bonchev–Trinajstić information content (AvgIpc) is 3.69. The van der Waals surface area contributed by atoms with Gasteiger partial charge >= 0.3 is 0 Å². The highest BCUT2D eigenvalue weighted by Gasteiger charge is 2.29. The average molecular weight is 634 g/mol. The van der Waals surface area contributed by atoms with Crippen molar-refractivity contribution in [1.82, 2.24) is 19.6 Å². The number of benzene rings is 2. The number of nitrogens with zero attached hydrogens (tertiary/aromatic N) is 3. The summed E-state index contributed by atoms with van der Waals surface area (Å²) >= 11 is 1.31. The highest BCUT2D eigenvalue weighted by Crippen LogP contribution is 2.36. The number of likely N-dealkylation sites (tertiary alicyclic amines) is 1. The summed E-state index contributed by atoms with van der Waals surface area (Å²) in [6.45, 7) is 2.43. The van der Waals surface area contributed by atoms with Crippen LogP contribution in [0, 0.1) is 5.92 Å². The number of hydrogen-bond acceptors (Lipinski definition) is 8. The number of aromatic nitrogens is 2. The van der Waals surface area contributed by atoms with Gasteiger partial charge in [0.25, 0.3) is 0 Å². The second kappa shape index (κ2) is 13.7. The van der Waals surface area contributed by atoms with Crippen molar-refractivity contribution >= 4 is 42.7 Å². The maximum atomic E-state index is 13.7. The topological polar surface area (TPSA) is 114 Å². The van der Waals surface area contributed by atoms with Crippen LogP contribution in [0.3, 0.4) is 0 Å². The van der Waals surface area contributed by atoms with Crippen molar-refractivity contribution in [1.29, 1.82) is 0 Å². The van der Waals surface area contributed by atoms with Crippen molar-refractivity contribution in [2.24, 2.45) is 5.92 Å². The van der Waals surface area contributed by atoms with E-state index in [2.05, 4.69) is 37.0 Å². The molecule has 2 unspecified atom stereocenters. The van der Waals surface area contributed by atoms with Crippen molar-refractivity contribution in [3.05, 3.63) is 77.9 Å². The van der Waals surface area contributed by atoms with E-state index in [1.807, 2.05) is 24.3 Å². The highest BCUT2D eigenvalue weighted by molar-refractivity contribution is 7.89. The molecule has 2 atom stereocenters. The molecule has 11 heteroatoms. The third-order valence-electron chi connectivity index (χ3n) is 8.70. The number of sulfonamides is 1. The molecule has 6 rings (SSSR count). The Balaban J connectivity index is 1.14. The van der Waals surface area contributed by atoms with E-state index in [4.69, 9.17) is 4.74 Å². The zero-order chi connectivity index (χ0) is 30.5. The number of nitrogens with one attached hydrogen (secondary N) is 2. The number of ether oxygens (including phenoxy) is 1. The fraction of sp³-hybridized carbons (Fsp3) is 0.424. The van der Waals surface area contributed by atoms with Crippen LogP contribution in [0.2, 0.25) is 0 Å². The van der Waals surface area contributed by atoms with Gasteiger partial charge in [0.15, 0.2) is 5.13 Å². The molecule has 0 radical (unpaired) electrons. The summed E-state index contributed by atoms with van der Waals surface area (Å²) in [5.41, 5.74) is 2.73. The number of methoxy groups -OCH3 is 1. The second-order valence-corrected chi connectivity index (χ2v) is 14.6. The van der Waals surface area contributed by atoms with Crippen LogP contribution in [0.1, 0.15) is 62.0 Å². The largest absolute Gasteiger partial charge is 0.481 e. The number of amides is 1. The standard InChI is InChI=1S/C33H39N5O4S2/c1-42-30-18-17-29-32(35-30)43-33(34-29)36-31(39)28(20-23-8-5-6-9-23)25-13-15-27(16-14-25)44(40,41)37-26-12-7-19-38(22-26)21-24-10-3-2-4-11-24/h2-4,10-11,13-18,23,26,28,37H,5-9,12,19-22H2,1H3,(H,34,36,39). The molecular weight excluding hydrogens is 595 g/mol. The van der Waals surface area contributed by atoms with Gasteiger partial charge in [-0.3, -0.25) is 9.69 Å². The first-order valence-corrected chi connectivity index (χ1v) is 17.7. The quantitative estimate of drug-likeness (QED) is 0.210. The summed E-state index contributed by atoms with van der Waals surface area (Å²) < 4.78 is 35.0. The number of piperidine rings is 1. The molecule has 2 fully saturated rings. The lowest BCUT2D eigenvalue weighted by molar-refractivity contribution is -0.118. The van der Waals surface area contributed by atoms with Crippen LogP contribution >= 0.6 is 11.3 Å². The molecule has 2 aromatic carbocycles. The van der Waals surface area contributed by atoms with Gasteiger partial charge in [-0.05, 0) is 61.1 Å². The molecule has 0 spiro atoms. The van der Waals surface area contributed by atoms with Gasteiger partial charge in [-0.2, -0.15) is 0 Å². The third-order valence-corrected chi connectivity index (χ3v) is 11.1. The van der Waals surface area contributed by atoms with E-state index >= 15 is 0 Å². The van der Waals surface area contributed by atoms with Gasteiger partial charge in [0.1, 0.15) is 10.3 Å². The number of fused-ring (bicyclic) bond motifs is 1. The molecule has 0 bridgehead atoms. The van der Waals surface area contributed by atoms with Gasteiger partial charge in [-0.25, -0.2) is 23.1 Å². The van der Waals surface area contributed by atoms with Crippen LogP contribution in [0.25, 0.3) is 10.3 Å². The molecule has 1 saturated heterocycles. The molecule has 2 N–H and O–H groups in total. The first-order chi connectivity index (χ1) is 21.4. The number of carbonyl (C=O) groups is 1. The summed E-state index contributed by atoms with van der Waals surface area (Å²) in [6.07, 6.45) is 7.03. The Morgan fingerprint density at radius 3 is 2.52 bits per heavy atom. The molecule has 232 valence electrons. The molecule has 44 heavy (non-hydrogen) atoms. The van der Waals surface area contributed by atoms with Crippen molar-refractivity contribution in [2.75, 3.05) is 25.5 Å². The van der Waals surface area contributed by atoms with Crippen LogP contribution in [-0.2, 0) is 21.4 Å². The Morgan fingerprint density at radius 1 is 1.00 bits per heavy atom. The first-order valence-electron chi connectivity index (χ1n) is 15.4. The number of rotatable bonds is 11. The molecular formula is C33H39N5O4S2. The normalized spacial score (nSPS) is 18.8. The SMILES string of the molecule is COc1ccc2nc(NC(=O)C(CC3CCCC3)c3ccc(S(=O)(=O)NC4CCCN(Cc5ccccc5)C4)cc3)sc2n1. The maximum absolute atomic E-state index is 13.7. The molecule has 9 nitrogen and oxygen atoms in total. The zero-order valence-corrected chi connectivity index (χ0v) is 26.6. The van der Waals surface area contributed by atoms with Crippen LogP contribution in [-0.4, -0.2) is 55.4 Å². The molecule has 2 aromatic heterocycles. The summed E-state index contributed by atoms with van der Waals surface area (Å²) in [4.78, 5) is 25.9. The second-order valence-electron chi connectivity index (χ2n) is 11.9. The minimum Gasteiger partial charge on any atom is -0.481 e. The molecule has 1 amide bonds. The van der Waals surface area contributed by atoms with Gasteiger partial charge in [0, 0.05) is 25.2 Å². The maximum Gasteiger partial charge on any atom is 0.240 e. The third kappa shape index (κ3) is 7.46. The van der Waals surface area contributed by atoms with Crippen molar-refractivity contribution < 1.29 is 17.9 Å². The van der Waals surface area contributed by atoms with Gasteiger partial charge in [0.2, 0.25) is 21.8 Å². The molecule has 4 aromatic rings. The monoisotopic (exact) mass is 633 g/mol. The van der Waals surface area contributed by atoms with Crippen LogP contribution in [0.15, 0.2) is 71.6 Å².